The summed E-state index contributed by atoms with van der Waals surface area (Å²) in [4.78, 5) is 0. The van der Waals surface area contributed by atoms with Gasteiger partial charge in [0.1, 0.15) is 0 Å². The molecule has 0 spiro atoms. The van der Waals surface area contributed by atoms with Crippen LogP contribution in [0.15, 0.2) is 18.2 Å². The maximum absolute atomic E-state index is 13.1. The Hall–Kier alpha value is -1.10. The summed E-state index contributed by atoms with van der Waals surface area (Å²) >= 11 is 0. The van der Waals surface area contributed by atoms with Crippen molar-refractivity contribution >= 4 is 8.80 Å². The Morgan fingerprint density at radius 2 is 1.00 bits per heavy atom. The van der Waals surface area contributed by atoms with Crippen molar-refractivity contribution < 1.29 is 39.6 Å². The van der Waals surface area contributed by atoms with E-state index in [4.69, 9.17) is 13.3 Å². The van der Waals surface area contributed by atoms with Crippen molar-refractivity contribution in [2.24, 2.45) is 0 Å². The summed E-state index contributed by atoms with van der Waals surface area (Å²) in [6.07, 6.45) is -11.0. The zero-order valence-electron chi connectivity index (χ0n) is 16.7. The predicted octanol–water partition coefficient (Wildman–Crippen LogP) is 6.02. The molecule has 0 aliphatic heterocycles. The summed E-state index contributed by atoms with van der Waals surface area (Å²) in [6, 6.07) is 1.17. The van der Waals surface area contributed by atoms with E-state index < -0.39 is 50.6 Å². The maximum atomic E-state index is 13.1. The molecule has 0 fully saturated rings. The van der Waals surface area contributed by atoms with E-state index in [0.717, 1.165) is 0 Å². The third kappa shape index (κ3) is 7.73. The highest BCUT2D eigenvalue weighted by molar-refractivity contribution is 6.60. The van der Waals surface area contributed by atoms with Crippen LogP contribution >= 0.6 is 0 Å². The molecule has 0 radical (unpaired) electrons. The molecule has 1 aromatic rings. The van der Waals surface area contributed by atoms with Crippen molar-refractivity contribution in [1.29, 1.82) is 0 Å². The van der Waals surface area contributed by atoms with E-state index >= 15 is 0 Å². The smallest absolute Gasteiger partial charge is 0.371 e. The average Bonchev–Trinajstić information content (AvgIpc) is 2.42. The molecule has 0 heterocycles. The summed E-state index contributed by atoms with van der Waals surface area (Å²) < 4.78 is 96.4. The molecule has 0 aliphatic carbocycles. The van der Waals surface area contributed by atoms with E-state index in [1.165, 1.54) is 0 Å². The van der Waals surface area contributed by atoms with Gasteiger partial charge in [-0.15, -0.1) is 0 Å². The van der Waals surface area contributed by atoms with Crippen molar-refractivity contribution in [3.63, 3.8) is 0 Å². The predicted molar refractivity (Wildman–Crippen MR) is 94.6 cm³/mol. The van der Waals surface area contributed by atoms with Gasteiger partial charge in [0.2, 0.25) is 0 Å². The van der Waals surface area contributed by atoms with Crippen molar-refractivity contribution in [2.75, 3.05) is 0 Å². The molecular weight excluding hydrogens is 406 g/mol. The van der Waals surface area contributed by atoms with Gasteiger partial charge in [-0.3, -0.25) is 0 Å². The van der Waals surface area contributed by atoms with Gasteiger partial charge in [-0.25, -0.2) is 0 Å². The molecule has 0 aliphatic rings. The molecule has 10 heteroatoms. The van der Waals surface area contributed by atoms with Crippen LogP contribution in [0.4, 0.5) is 26.3 Å². The molecule has 0 atom stereocenters. The minimum atomic E-state index is -4.92. The first-order valence-electron chi connectivity index (χ1n) is 8.86. The largest absolute Gasteiger partial charge is 0.506 e. The SMILES string of the molecule is CC(C)O[Si](Cc1cc(C(F)(F)F)cc(C(F)(F)F)c1)(OC(C)C)OC(C)C. The number of hydrogen-bond donors (Lipinski definition) is 0. The lowest BCUT2D eigenvalue weighted by atomic mass is 10.1. The molecule has 0 N–H and O–H groups in total. The Kier molecular flexibility index (Phi) is 8.14. The molecule has 1 aromatic carbocycles. The summed E-state index contributed by atoms with van der Waals surface area (Å²) in [7, 11) is -3.62. The molecule has 3 nitrogen and oxygen atoms in total. The van der Waals surface area contributed by atoms with E-state index in [9.17, 15) is 26.3 Å². The summed E-state index contributed by atoms with van der Waals surface area (Å²) in [5, 5.41) is 0. The second-order valence-electron chi connectivity index (χ2n) is 7.27. The minimum absolute atomic E-state index is 0.0998. The molecule has 1 rings (SSSR count). The van der Waals surface area contributed by atoms with Gasteiger partial charge in [-0.1, -0.05) is 0 Å². The van der Waals surface area contributed by atoms with Crippen LogP contribution in [0.5, 0.6) is 0 Å². The summed E-state index contributed by atoms with van der Waals surface area (Å²) in [6.45, 7) is 10.2. The minimum Gasteiger partial charge on any atom is -0.371 e. The van der Waals surface area contributed by atoms with Gasteiger partial charge in [0.05, 0.1) is 11.1 Å². The van der Waals surface area contributed by atoms with Crippen LogP contribution in [0.3, 0.4) is 0 Å². The fourth-order valence-corrected chi connectivity index (χ4v) is 5.93. The maximum Gasteiger partial charge on any atom is 0.506 e. The van der Waals surface area contributed by atoms with Crippen LogP contribution in [0, 0.1) is 0 Å². The summed E-state index contributed by atoms with van der Waals surface area (Å²) in [5.74, 6) is 0. The zero-order chi connectivity index (χ0) is 21.9. The van der Waals surface area contributed by atoms with Crippen molar-refractivity contribution in [3.05, 3.63) is 34.9 Å². The molecule has 0 saturated carbocycles. The normalized spacial score (nSPS) is 13.8. The van der Waals surface area contributed by atoms with Crippen molar-refractivity contribution in [3.8, 4) is 0 Å². The standard InChI is InChI=1S/C18H26F6O3Si/c1-11(2)25-28(26-12(3)4,27-13(5)6)10-14-7-15(17(19,20)21)9-16(8-14)18(22,23)24/h7-9,11-13H,10H2,1-6H3. The monoisotopic (exact) mass is 432 g/mol. The Morgan fingerprint density at radius 3 is 1.25 bits per heavy atom. The first-order chi connectivity index (χ1) is 12.5. The van der Waals surface area contributed by atoms with Crippen LogP contribution in [-0.4, -0.2) is 27.1 Å². The molecular formula is C18H26F6O3Si. The van der Waals surface area contributed by atoms with Crippen LogP contribution in [0.1, 0.15) is 58.2 Å². The number of alkyl halides is 6. The number of rotatable bonds is 8. The fourth-order valence-electron chi connectivity index (χ4n) is 2.66. The fraction of sp³-hybridized carbons (Fsp3) is 0.667. The van der Waals surface area contributed by atoms with Crippen LogP contribution in [-0.2, 0) is 31.7 Å². The second kappa shape index (κ2) is 9.14. The summed E-state index contributed by atoms with van der Waals surface area (Å²) in [5.41, 5.74) is -2.95. The van der Waals surface area contributed by atoms with E-state index in [1.807, 2.05) is 0 Å². The van der Waals surface area contributed by atoms with Gasteiger partial charge < -0.3 is 13.3 Å². The lowest BCUT2D eigenvalue weighted by Gasteiger charge is -2.34. The number of halogens is 6. The van der Waals surface area contributed by atoms with Crippen molar-refractivity contribution in [1.82, 2.24) is 0 Å². The molecule has 0 bridgehead atoms. The lowest BCUT2D eigenvalue weighted by molar-refractivity contribution is -0.143. The molecule has 162 valence electrons. The number of hydrogen-bond acceptors (Lipinski definition) is 3. The van der Waals surface area contributed by atoms with Gasteiger partial charge in [0.25, 0.3) is 0 Å². The quantitative estimate of drug-likeness (QED) is 0.371. The van der Waals surface area contributed by atoms with Gasteiger partial charge in [0.15, 0.2) is 0 Å². The number of benzene rings is 1. The topological polar surface area (TPSA) is 27.7 Å². The molecule has 28 heavy (non-hydrogen) atoms. The Balaban J connectivity index is 3.50. The molecule has 0 unspecified atom stereocenters. The third-order valence-electron chi connectivity index (χ3n) is 3.31. The van der Waals surface area contributed by atoms with Crippen molar-refractivity contribution in [2.45, 2.75) is 78.3 Å². The molecule has 0 saturated heterocycles. The van der Waals surface area contributed by atoms with Gasteiger partial charge >= 0.3 is 21.2 Å². The van der Waals surface area contributed by atoms with Gasteiger partial charge in [-0.2, -0.15) is 26.3 Å². The molecule has 0 amide bonds. The van der Waals surface area contributed by atoms with E-state index in [0.29, 0.717) is 12.1 Å². The second-order valence-corrected chi connectivity index (χ2v) is 9.70. The van der Waals surface area contributed by atoms with Crippen LogP contribution < -0.4 is 0 Å². The lowest BCUT2D eigenvalue weighted by Crippen LogP contribution is -2.53. The van der Waals surface area contributed by atoms with E-state index in [2.05, 4.69) is 0 Å². The van der Waals surface area contributed by atoms with Gasteiger partial charge in [0, 0.05) is 24.4 Å². The highest BCUT2D eigenvalue weighted by Gasteiger charge is 2.46. The van der Waals surface area contributed by atoms with Crippen LogP contribution in [0.2, 0.25) is 0 Å². The van der Waals surface area contributed by atoms with E-state index in [1.54, 1.807) is 41.5 Å². The first kappa shape index (κ1) is 24.9. The highest BCUT2D eigenvalue weighted by atomic mass is 28.4. The highest BCUT2D eigenvalue weighted by Crippen LogP contribution is 2.37. The Labute approximate surface area is 162 Å². The van der Waals surface area contributed by atoms with Gasteiger partial charge in [-0.05, 0) is 65.3 Å². The Bertz CT molecular complexity index is 582. The average molecular weight is 432 g/mol. The van der Waals surface area contributed by atoms with Crippen LogP contribution in [0.25, 0.3) is 0 Å². The third-order valence-corrected chi connectivity index (χ3v) is 6.65. The first-order valence-corrected chi connectivity index (χ1v) is 10.8. The molecule has 0 aromatic heterocycles. The Morgan fingerprint density at radius 1 is 0.679 bits per heavy atom. The van der Waals surface area contributed by atoms with E-state index in [-0.39, 0.29) is 17.7 Å². The zero-order valence-corrected chi connectivity index (χ0v) is 17.7.